The Balaban J connectivity index is 2.13. The SMILES string of the molecule is COc1ccc(NC(C)=O)cc1NCc1nccs1. The smallest absolute Gasteiger partial charge is 0.221 e. The third kappa shape index (κ3) is 3.69. The highest BCUT2D eigenvalue weighted by Gasteiger charge is 2.06. The van der Waals surface area contributed by atoms with E-state index in [1.54, 1.807) is 30.7 Å². The molecule has 2 rings (SSSR count). The van der Waals surface area contributed by atoms with E-state index in [0.717, 1.165) is 22.1 Å². The van der Waals surface area contributed by atoms with Gasteiger partial charge in [-0.1, -0.05) is 0 Å². The first kappa shape index (κ1) is 13.4. The molecule has 1 heterocycles. The molecule has 0 fully saturated rings. The van der Waals surface area contributed by atoms with E-state index in [0.29, 0.717) is 6.54 Å². The van der Waals surface area contributed by atoms with Gasteiger partial charge in [-0.25, -0.2) is 4.98 Å². The van der Waals surface area contributed by atoms with Crippen LogP contribution in [0.5, 0.6) is 5.75 Å². The van der Waals surface area contributed by atoms with Gasteiger partial charge in [-0.3, -0.25) is 4.79 Å². The maximum Gasteiger partial charge on any atom is 0.221 e. The number of thiazole rings is 1. The van der Waals surface area contributed by atoms with Crippen molar-refractivity contribution in [2.24, 2.45) is 0 Å². The van der Waals surface area contributed by atoms with Crippen molar-refractivity contribution >= 4 is 28.6 Å². The van der Waals surface area contributed by atoms with E-state index in [2.05, 4.69) is 15.6 Å². The van der Waals surface area contributed by atoms with Gasteiger partial charge in [-0.05, 0) is 18.2 Å². The van der Waals surface area contributed by atoms with Crippen LogP contribution in [0, 0.1) is 0 Å². The third-order valence-electron chi connectivity index (χ3n) is 2.43. The van der Waals surface area contributed by atoms with Crippen LogP contribution in [0.25, 0.3) is 0 Å². The Labute approximate surface area is 115 Å². The standard InChI is InChI=1S/C13H15N3O2S/c1-9(17)16-10-3-4-12(18-2)11(7-10)15-8-13-14-5-6-19-13/h3-7,15H,8H2,1-2H3,(H,16,17). The van der Waals surface area contributed by atoms with Gasteiger partial charge in [-0.2, -0.15) is 0 Å². The summed E-state index contributed by atoms with van der Waals surface area (Å²) in [6.07, 6.45) is 1.77. The third-order valence-corrected chi connectivity index (χ3v) is 3.21. The van der Waals surface area contributed by atoms with E-state index in [-0.39, 0.29) is 5.91 Å². The molecule has 0 aliphatic rings. The Morgan fingerprint density at radius 3 is 2.95 bits per heavy atom. The molecule has 1 aromatic heterocycles. The van der Waals surface area contributed by atoms with Gasteiger partial charge >= 0.3 is 0 Å². The van der Waals surface area contributed by atoms with Crippen LogP contribution in [0.4, 0.5) is 11.4 Å². The molecule has 100 valence electrons. The van der Waals surface area contributed by atoms with Gasteiger partial charge in [0.05, 0.1) is 19.3 Å². The van der Waals surface area contributed by atoms with E-state index in [1.165, 1.54) is 6.92 Å². The van der Waals surface area contributed by atoms with Crippen molar-refractivity contribution in [2.45, 2.75) is 13.5 Å². The fraction of sp³-hybridized carbons (Fsp3) is 0.231. The first-order valence-corrected chi connectivity index (χ1v) is 6.65. The number of amides is 1. The van der Waals surface area contributed by atoms with Gasteiger partial charge in [-0.15, -0.1) is 11.3 Å². The van der Waals surface area contributed by atoms with Gasteiger partial charge in [0, 0.05) is 24.2 Å². The van der Waals surface area contributed by atoms with Crippen molar-refractivity contribution in [1.82, 2.24) is 4.98 Å². The molecule has 0 aliphatic heterocycles. The van der Waals surface area contributed by atoms with Crippen molar-refractivity contribution in [1.29, 1.82) is 0 Å². The molecule has 6 heteroatoms. The summed E-state index contributed by atoms with van der Waals surface area (Å²) >= 11 is 1.59. The summed E-state index contributed by atoms with van der Waals surface area (Å²) in [5.41, 5.74) is 1.55. The van der Waals surface area contributed by atoms with E-state index >= 15 is 0 Å². The van der Waals surface area contributed by atoms with Crippen molar-refractivity contribution in [3.05, 3.63) is 34.8 Å². The number of carbonyl (C=O) groups is 1. The molecule has 0 aliphatic carbocycles. The number of anilines is 2. The first-order valence-electron chi connectivity index (χ1n) is 5.77. The summed E-state index contributed by atoms with van der Waals surface area (Å²) in [7, 11) is 1.61. The van der Waals surface area contributed by atoms with Crippen LogP contribution in [-0.2, 0) is 11.3 Å². The zero-order valence-corrected chi connectivity index (χ0v) is 11.6. The lowest BCUT2D eigenvalue weighted by atomic mass is 10.2. The average molecular weight is 277 g/mol. The summed E-state index contributed by atoms with van der Waals surface area (Å²) in [6.45, 7) is 2.10. The van der Waals surface area contributed by atoms with Crippen molar-refractivity contribution < 1.29 is 9.53 Å². The summed E-state index contributed by atoms with van der Waals surface area (Å²) in [6, 6.07) is 5.46. The summed E-state index contributed by atoms with van der Waals surface area (Å²) in [5.74, 6) is 0.627. The Morgan fingerprint density at radius 2 is 2.32 bits per heavy atom. The fourth-order valence-corrected chi connectivity index (χ4v) is 2.19. The van der Waals surface area contributed by atoms with Gasteiger partial charge < -0.3 is 15.4 Å². The molecule has 2 N–H and O–H groups in total. The Kier molecular flexibility index (Phi) is 4.35. The van der Waals surface area contributed by atoms with E-state index < -0.39 is 0 Å². The van der Waals surface area contributed by atoms with E-state index in [9.17, 15) is 4.79 Å². The number of aromatic nitrogens is 1. The summed E-state index contributed by atoms with van der Waals surface area (Å²) in [4.78, 5) is 15.3. The number of hydrogen-bond donors (Lipinski definition) is 2. The molecule has 0 saturated heterocycles. The van der Waals surface area contributed by atoms with Crippen LogP contribution in [-0.4, -0.2) is 18.0 Å². The molecular formula is C13H15N3O2S. The molecule has 5 nitrogen and oxygen atoms in total. The molecule has 1 amide bonds. The van der Waals surface area contributed by atoms with Gasteiger partial charge in [0.25, 0.3) is 0 Å². The topological polar surface area (TPSA) is 63.2 Å². The lowest BCUT2D eigenvalue weighted by Crippen LogP contribution is -2.07. The van der Waals surface area contributed by atoms with Gasteiger partial charge in [0.1, 0.15) is 10.8 Å². The first-order chi connectivity index (χ1) is 9.19. The number of carbonyl (C=O) groups excluding carboxylic acids is 1. The second-order valence-corrected chi connectivity index (χ2v) is 4.85. The van der Waals surface area contributed by atoms with Crippen LogP contribution in [0.15, 0.2) is 29.8 Å². The number of rotatable bonds is 5. The zero-order chi connectivity index (χ0) is 13.7. The molecule has 2 aromatic rings. The number of benzene rings is 1. The van der Waals surface area contributed by atoms with Gasteiger partial charge in [0.15, 0.2) is 0 Å². The number of ether oxygens (including phenoxy) is 1. The highest BCUT2D eigenvalue weighted by atomic mass is 32.1. The normalized spacial score (nSPS) is 10.0. The number of nitrogens with one attached hydrogen (secondary N) is 2. The fourth-order valence-electron chi connectivity index (χ4n) is 1.64. The second-order valence-electron chi connectivity index (χ2n) is 3.88. The van der Waals surface area contributed by atoms with Crippen LogP contribution in [0.1, 0.15) is 11.9 Å². The van der Waals surface area contributed by atoms with Crippen LogP contribution >= 0.6 is 11.3 Å². The average Bonchev–Trinajstić information content (AvgIpc) is 2.89. The number of nitrogens with zero attached hydrogens (tertiary/aromatic N) is 1. The molecule has 0 radical (unpaired) electrons. The second kappa shape index (κ2) is 6.19. The molecule has 19 heavy (non-hydrogen) atoms. The maximum atomic E-state index is 11.1. The Bertz CT molecular complexity index is 555. The van der Waals surface area contributed by atoms with Gasteiger partial charge in [0.2, 0.25) is 5.91 Å². The Morgan fingerprint density at radius 1 is 1.47 bits per heavy atom. The molecule has 0 unspecified atom stereocenters. The molecule has 0 atom stereocenters. The minimum Gasteiger partial charge on any atom is -0.495 e. The predicted molar refractivity (Wildman–Crippen MR) is 76.7 cm³/mol. The quantitative estimate of drug-likeness (QED) is 0.882. The molecule has 0 bridgehead atoms. The van der Waals surface area contributed by atoms with Crippen molar-refractivity contribution in [3.63, 3.8) is 0 Å². The van der Waals surface area contributed by atoms with Crippen molar-refractivity contribution in [2.75, 3.05) is 17.7 Å². The molecule has 0 saturated carbocycles. The predicted octanol–water partition coefficient (Wildman–Crippen LogP) is 2.72. The number of hydrogen-bond acceptors (Lipinski definition) is 5. The summed E-state index contributed by atoms with van der Waals surface area (Å²) < 4.78 is 5.28. The van der Waals surface area contributed by atoms with Crippen molar-refractivity contribution in [3.8, 4) is 5.75 Å². The minimum absolute atomic E-state index is 0.101. The summed E-state index contributed by atoms with van der Waals surface area (Å²) in [5, 5.41) is 8.92. The highest BCUT2D eigenvalue weighted by Crippen LogP contribution is 2.28. The Hall–Kier alpha value is -2.08. The van der Waals surface area contributed by atoms with Crippen LogP contribution in [0.2, 0.25) is 0 Å². The highest BCUT2D eigenvalue weighted by molar-refractivity contribution is 7.09. The van der Waals surface area contributed by atoms with Crippen LogP contribution < -0.4 is 15.4 Å². The maximum absolute atomic E-state index is 11.1. The molecule has 0 spiro atoms. The monoisotopic (exact) mass is 277 g/mol. The molecule has 1 aromatic carbocycles. The molecular weight excluding hydrogens is 262 g/mol. The van der Waals surface area contributed by atoms with E-state index in [4.69, 9.17) is 4.74 Å². The van der Waals surface area contributed by atoms with E-state index in [1.807, 2.05) is 17.5 Å². The lowest BCUT2D eigenvalue weighted by Gasteiger charge is -2.12. The van der Waals surface area contributed by atoms with Crippen LogP contribution in [0.3, 0.4) is 0 Å². The minimum atomic E-state index is -0.101. The number of methoxy groups -OCH3 is 1. The lowest BCUT2D eigenvalue weighted by molar-refractivity contribution is -0.114. The zero-order valence-electron chi connectivity index (χ0n) is 10.8. The largest absolute Gasteiger partial charge is 0.495 e.